The van der Waals surface area contributed by atoms with Crippen molar-refractivity contribution in [1.29, 1.82) is 0 Å². The van der Waals surface area contributed by atoms with Gasteiger partial charge in [-0.05, 0) is 31.5 Å². The highest BCUT2D eigenvalue weighted by Gasteiger charge is 2.09. The molecule has 1 N–H and O–H groups in total. The zero-order chi connectivity index (χ0) is 14.1. The molecule has 0 saturated heterocycles. The molecule has 0 bridgehead atoms. The van der Waals surface area contributed by atoms with Crippen LogP contribution in [0.15, 0.2) is 42.6 Å². The molecule has 3 aromatic rings. The number of fused-ring (bicyclic) bond motifs is 1. The van der Waals surface area contributed by atoms with Gasteiger partial charge in [0.1, 0.15) is 0 Å². The van der Waals surface area contributed by atoms with E-state index in [2.05, 4.69) is 53.5 Å². The highest BCUT2D eigenvalue weighted by Crippen LogP contribution is 2.18. The normalized spacial score (nSPS) is 12.6. The third kappa shape index (κ3) is 2.60. The van der Waals surface area contributed by atoms with Crippen molar-refractivity contribution >= 4 is 23.2 Å². The third-order valence-corrected chi connectivity index (χ3v) is 3.44. The van der Waals surface area contributed by atoms with Crippen LogP contribution in [-0.4, -0.2) is 14.6 Å². The lowest BCUT2D eigenvalue weighted by molar-refractivity contribution is 0.852. The Balaban J connectivity index is 1.83. The topological polar surface area (TPSA) is 42.2 Å². The molecular formula is C15H15ClN4. The van der Waals surface area contributed by atoms with E-state index >= 15 is 0 Å². The van der Waals surface area contributed by atoms with E-state index in [1.807, 2.05) is 6.07 Å². The molecule has 20 heavy (non-hydrogen) atoms. The second kappa shape index (κ2) is 5.13. The number of pyridine rings is 1. The van der Waals surface area contributed by atoms with Crippen LogP contribution in [0.5, 0.6) is 0 Å². The van der Waals surface area contributed by atoms with Crippen LogP contribution in [0.2, 0.25) is 5.02 Å². The molecule has 102 valence electrons. The van der Waals surface area contributed by atoms with Crippen LogP contribution in [0.3, 0.4) is 0 Å². The van der Waals surface area contributed by atoms with E-state index in [0.29, 0.717) is 11.0 Å². The van der Waals surface area contributed by atoms with Crippen LogP contribution in [0.4, 0.5) is 5.95 Å². The van der Waals surface area contributed by atoms with Crippen LogP contribution in [0.1, 0.15) is 24.1 Å². The van der Waals surface area contributed by atoms with Gasteiger partial charge in [0.2, 0.25) is 5.95 Å². The van der Waals surface area contributed by atoms with Gasteiger partial charge in [-0.15, -0.1) is 5.10 Å². The quantitative estimate of drug-likeness (QED) is 0.795. The molecule has 1 aromatic carbocycles. The first-order chi connectivity index (χ1) is 9.61. The standard InChI is InChI=1S/C15H15ClN4/c1-10-3-5-12(6-4-10)11(2)17-15-18-14-8-7-13(16)9-20(14)19-15/h3-9,11H,1-2H3,(H,17,19). The Kier molecular flexibility index (Phi) is 3.32. The van der Waals surface area contributed by atoms with E-state index in [9.17, 15) is 0 Å². The van der Waals surface area contributed by atoms with Gasteiger partial charge < -0.3 is 5.32 Å². The number of anilines is 1. The molecule has 0 amide bonds. The lowest BCUT2D eigenvalue weighted by Crippen LogP contribution is -2.07. The van der Waals surface area contributed by atoms with Gasteiger partial charge in [-0.3, -0.25) is 0 Å². The number of aromatic nitrogens is 3. The molecule has 3 rings (SSSR count). The second-order valence-electron chi connectivity index (χ2n) is 4.86. The number of hydrogen-bond donors (Lipinski definition) is 1. The van der Waals surface area contributed by atoms with Crippen LogP contribution < -0.4 is 5.32 Å². The minimum Gasteiger partial charge on any atom is -0.346 e. The highest BCUT2D eigenvalue weighted by atomic mass is 35.5. The molecule has 2 heterocycles. The number of benzene rings is 1. The van der Waals surface area contributed by atoms with Gasteiger partial charge in [0.05, 0.1) is 11.1 Å². The van der Waals surface area contributed by atoms with Crippen molar-refractivity contribution in [2.24, 2.45) is 0 Å². The van der Waals surface area contributed by atoms with Crippen molar-refractivity contribution in [3.05, 3.63) is 58.7 Å². The van der Waals surface area contributed by atoms with Gasteiger partial charge in [-0.25, -0.2) is 4.52 Å². The SMILES string of the molecule is Cc1ccc(C(C)Nc2nc3ccc(Cl)cn3n2)cc1. The number of nitrogens with zero attached hydrogens (tertiary/aromatic N) is 3. The molecular weight excluding hydrogens is 272 g/mol. The molecule has 1 unspecified atom stereocenters. The summed E-state index contributed by atoms with van der Waals surface area (Å²) in [5, 5.41) is 8.31. The molecule has 0 fully saturated rings. The fraction of sp³-hybridized carbons (Fsp3) is 0.200. The summed E-state index contributed by atoms with van der Waals surface area (Å²) >= 11 is 5.94. The van der Waals surface area contributed by atoms with Crippen LogP contribution in [0, 0.1) is 6.92 Å². The summed E-state index contributed by atoms with van der Waals surface area (Å²) in [6.07, 6.45) is 1.74. The van der Waals surface area contributed by atoms with Gasteiger partial charge in [0.15, 0.2) is 5.65 Å². The number of hydrogen-bond acceptors (Lipinski definition) is 3. The Labute approximate surface area is 122 Å². The van der Waals surface area contributed by atoms with Crippen LogP contribution >= 0.6 is 11.6 Å². The molecule has 5 heteroatoms. The first kappa shape index (κ1) is 12.9. The zero-order valence-electron chi connectivity index (χ0n) is 11.3. The first-order valence-corrected chi connectivity index (χ1v) is 6.84. The predicted octanol–water partition coefficient (Wildman–Crippen LogP) is 3.86. The Bertz CT molecular complexity index is 733. The molecule has 0 aliphatic carbocycles. The zero-order valence-corrected chi connectivity index (χ0v) is 12.1. The maximum absolute atomic E-state index is 5.94. The molecule has 0 radical (unpaired) electrons. The number of aryl methyl sites for hydroxylation is 1. The summed E-state index contributed by atoms with van der Waals surface area (Å²) in [6.45, 7) is 4.17. The second-order valence-corrected chi connectivity index (χ2v) is 5.30. The molecule has 0 saturated carbocycles. The highest BCUT2D eigenvalue weighted by molar-refractivity contribution is 6.30. The van der Waals surface area contributed by atoms with E-state index in [0.717, 1.165) is 5.65 Å². The summed E-state index contributed by atoms with van der Waals surface area (Å²) in [5.74, 6) is 0.598. The average molecular weight is 287 g/mol. The van der Waals surface area contributed by atoms with Crippen molar-refractivity contribution in [2.45, 2.75) is 19.9 Å². The first-order valence-electron chi connectivity index (χ1n) is 6.47. The monoisotopic (exact) mass is 286 g/mol. The molecule has 4 nitrogen and oxygen atoms in total. The van der Waals surface area contributed by atoms with Gasteiger partial charge in [0.25, 0.3) is 0 Å². The summed E-state index contributed by atoms with van der Waals surface area (Å²) < 4.78 is 1.67. The number of halogens is 1. The van der Waals surface area contributed by atoms with Crippen molar-refractivity contribution in [2.75, 3.05) is 5.32 Å². The van der Waals surface area contributed by atoms with Crippen molar-refractivity contribution < 1.29 is 0 Å². The van der Waals surface area contributed by atoms with Crippen molar-refractivity contribution in [1.82, 2.24) is 14.6 Å². The summed E-state index contributed by atoms with van der Waals surface area (Å²) in [7, 11) is 0. The molecule has 0 aliphatic rings. The minimum atomic E-state index is 0.142. The fourth-order valence-corrected chi connectivity index (χ4v) is 2.21. The van der Waals surface area contributed by atoms with E-state index in [-0.39, 0.29) is 6.04 Å². The van der Waals surface area contributed by atoms with Gasteiger partial charge in [-0.1, -0.05) is 41.4 Å². The lowest BCUT2D eigenvalue weighted by atomic mass is 10.1. The lowest BCUT2D eigenvalue weighted by Gasteiger charge is -2.12. The Hall–Kier alpha value is -2.07. The van der Waals surface area contributed by atoms with Gasteiger partial charge in [-0.2, -0.15) is 4.98 Å². The van der Waals surface area contributed by atoms with Crippen molar-refractivity contribution in [3.63, 3.8) is 0 Å². The summed E-state index contributed by atoms with van der Waals surface area (Å²) in [5.41, 5.74) is 3.22. The van der Waals surface area contributed by atoms with E-state index in [1.165, 1.54) is 11.1 Å². The molecule has 2 aromatic heterocycles. The summed E-state index contributed by atoms with van der Waals surface area (Å²) in [4.78, 5) is 4.42. The van der Waals surface area contributed by atoms with E-state index in [4.69, 9.17) is 11.6 Å². The van der Waals surface area contributed by atoms with Gasteiger partial charge in [0, 0.05) is 6.20 Å². The van der Waals surface area contributed by atoms with Crippen molar-refractivity contribution in [3.8, 4) is 0 Å². The Morgan fingerprint density at radius 2 is 1.90 bits per heavy atom. The minimum absolute atomic E-state index is 0.142. The maximum Gasteiger partial charge on any atom is 0.243 e. The molecule has 0 aliphatic heterocycles. The van der Waals surface area contributed by atoms with Crippen LogP contribution in [0.25, 0.3) is 5.65 Å². The third-order valence-electron chi connectivity index (χ3n) is 3.22. The van der Waals surface area contributed by atoms with Crippen LogP contribution in [-0.2, 0) is 0 Å². The number of rotatable bonds is 3. The Morgan fingerprint density at radius 3 is 2.65 bits per heavy atom. The van der Waals surface area contributed by atoms with Gasteiger partial charge >= 0.3 is 0 Å². The average Bonchev–Trinajstić information content (AvgIpc) is 2.80. The van der Waals surface area contributed by atoms with E-state index in [1.54, 1.807) is 16.8 Å². The smallest absolute Gasteiger partial charge is 0.243 e. The van der Waals surface area contributed by atoms with E-state index < -0.39 is 0 Å². The molecule has 1 atom stereocenters. The molecule has 0 spiro atoms. The Morgan fingerprint density at radius 1 is 1.15 bits per heavy atom. The summed E-state index contributed by atoms with van der Waals surface area (Å²) in [6, 6.07) is 12.2. The predicted molar refractivity (Wildman–Crippen MR) is 81.2 cm³/mol. The number of nitrogens with one attached hydrogen (secondary N) is 1. The largest absolute Gasteiger partial charge is 0.346 e. The maximum atomic E-state index is 5.94. The fourth-order valence-electron chi connectivity index (χ4n) is 2.05.